The largest absolute Gasteiger partial charge is 0.378 e. The van der Waals surface area contributed by atoms with Gasteiger partial charge < -0.3 is 30.2 Å². The molecule has 0 bridgehead atoms. The van der Waals surface area contributed by atoms with E-state index in [0.29, 0.717) is 74.0 Å². The number of carbonyl (C=O) groups is 2. The molecule has 222 valence electrons. The minimum absolute atomic E-state index is 0.0314. The molecule has 3 N–H and O–H groups in total. The summed E-state index contributed by atoms with van der Waals surface area (Å²) in [6.07, 6.45) is 3.25. The van der Waals surface area contributed by atoms with E-state index in [2.05, 4.69) is 31.7 Å². The number of para-hydroxylation sites is 1. The van der Waals surface area contributed by atoms with Gasteiger partial charge in [0, 0.05) is 54.4 Å². The molecule has 5 aromatic rings. The van der Waals surface area contributed by atoms with E-state index in [1.807, 2.05) is 47.4 Å². The van der Waals surface area contributed by atoms with E-state index in [4.69, 9.17) is 9.72 Å². The van der Waals surface area contributed by atoms with Crippen LogP contribution in [0.3, 0.4) is 0 Å². The Morgan fingerprint density at radius 2 is 1.84 bits per heavy atom. The minimum Gasteiger partial charge on any atom is -0.378 e. The van der Waals surface area contributed by atoms with Crippen molar-refractivity contribution in [3.8, 4) is 6.07 Å². The predicted molar refractivity (Wildman–Crippen MR) is 163 cm³/mol. The van der Waals surface area contributed by atoms with Crippen molar-refractivity contribution in [1.82, 2.24) is 34.6 Å². The van der Waals surface area contributed by atoms with Crippen molar-refractivity contribution in [2.45, 2.75) is 18.9 Å². The molecular formula is C31H30N10O3. The fraction of sp³-hybridized carbons (Fsp3) is 0.290. The second-order valence-corrected chi connectivity index (χ2v) is 10.9. The maximum Gasteiger partial charge on any atom is 0.268 e. The molecule has 2 aliphatic rings. The first-order valence-corrected chi connectivity index (χ1v) is 14.6. The van der Waals surface area contributed by atoms with E-state index < -0.39 is 0 Å². The average Bonchev–Trinajstić information content (AvgIpc) is 3.70. The van der Waals surface area contributed by atoms with Crippen LogP contribution in [0.15, 0.2) is 60.8 Å². The maximum atomic E-state index is 13.1. The number of aromatic amines is 1. The van der Waals surface area contributed by atoms with Crippen molar-refractivity contribution in [2.24, 2.45) is 0 Å². The highest BCUT2D eigenvalue weighted by atomic mass is 16.5. The number of ether oxygens (including phenoxy) is 1. The van der Waals surface area contributed by atoms with E-state index >= 15 is 0 Å². The van der Waals surface area contributed by atoms with Gasteiger partial charge in [-0.15, -0.1) is 0 Å². The number of nitriles is 1. The number of anilines is 3. The van der Waals surface area contributed by atoms with Gasteiger partial charge in [-0.05, 0) is 49.2 Å². The van der Waals surface area contributed by atoms with Crippen molar-refractivity contribution >= 4 is 46.1 Å². The summed E-state index contributed by atoms with van der Waals surface area (Å²) in [5, 5.41) is 16.9. The van der Waals surface area contributed by atoms with Gasteiger partial charge in [-0.25, -0.2) is 0 Å². The topological polar surface area (TPSA) is 157 Å². The summed E-state index contributed by atoms with van der Waals surface area (Å²) in [7, 11) is 0. The van der Waals surface area contributed by atoms with E-state index in [-0.39, 0.29) is 23.6 Å². The van der Waals surface area contributed by atoms with Gasteiger partial charge in [0.1, 0.15) is 11.8 Å². The molecule has 0 radical (unpaired) electrons. The fourth-order valence-electron chi connectivity index (χ4n) is 5.66. The molecular weight excluding hydrogens is 560 g/mol. The number of amides is 2. The Bertz CT molecular complexity index is 1850. The molecule has 2 aromatic carbocycles. The number of hydrogen-bond acceptors (Lipinski definition) is 9. The zero-order valence-corrected chi connectivity index (χ0v) is 23.9. The first kappa shape index (κ1) is 27.4. The lowest BCUT2D eigenvalue weighted by molar-refractivity contribution is 0.0303. The van der Waals surface area contributed by atoms with Crippen LogP contribution < -0.4 is 15.5 Å². The van der Waals surface area contributed by atoms with Gasteiger partial charge >= 0.3 is 0 Å². The second-order valence-electron chi connectivity index (χ2n) is 10.9. The van der Waals surface area contributed by atoms with E-state index in [0.717, 1.165) is 23.7 Å². The molecule has 0 saturated carbocycles. The Labute approximate surface area is 252 Å². The molecule has 3 aromatic heterocycles. The Kier molecular flexibility index (Phi) is 7.25. The molecule has 0 spiro atoms. The molecule has 1 unspecified atom stereocenters. The summed E-state index contributed by atoms with van der Waals surface area (Å²) in [4.78, 5) is 46.8. The second kappa shape index (κ2) is 11.7. The molecule has 2 saturated heterocycles. The third-order valence-electron chi connectivity index (χ3n) is 7.94. The zero-order valence-electron chi connectivity index (χ0n) is 23.9. The average molecular weight is 591 g/mol. The van der Waals surface area contributed by atoms with Crippen LogP contribution in [0.25, 0.3) is 16.7 Å². The summed E-state index contributed by atoms with van der Waals surface area (Å²) in [5.74, 6) is 1.01. The fourth-order valence-corrected chi connectivity index (χ4v) is 5.66. The van der Waals surface area contributed by atoms with Crippen molar-refractivity contribution in [3.05, 3.63) is 77.7 Å². The lowest BCUT2D eigenvalue weighted by Crippen LogP contribution is -2.48. The van der Waals surface area contributed by atoms with Crippen molar-refractivity contribution in [2.75, 3.05) is 49.6 Å². The number of piperidine rings is 1. The quantitative estimate of drug-likeness (QED) is 0.270. The summed E-state index contributed by atoms with van der Waals surface area (Å²) in [5.41, 5.74) is 2.96. The van der Waals surface area contributed by atoms with Gasteiger partial charge in [0.2, 0.25) is 17.7 Å². The van der Waals surface area contributed by atoms with Gasteiger partial charge in [0.15, 0.2) is 5.69 Å². The van der Waals surface area contributed by atoms with E-state index in [1.54, 1.807) is 27.6 Å². The van der Waals surface area contributed by atoms with Crippen LogP contribution in [0, 0.1) is 11.3 Å². The maximum absolute atomic E-state index is 13.1. The van der Waals surface area contributed by atoms with Crippen LogP contribution in [0.1, 0.15) is 39.4 Å². The smallest absolute Gasteiger partial charge is 0.268 e. The Morgan fingerprint density at radius 3 is 2.64 bits per heavy atom. The number of hydrogen-bond donors (Lipinski definition) is 3. The molecule has 2 fully saturated rings. The third kappa shape index (κ3) is 5.50. The lowest BCUT2D eigenvalue weighted by Gasteiger charge is -2.33. The SMILES string of the molecule is N#Cc1cn2c(Nc3ccc(C(=O)N4CCOCC4)cc3)nc(N3CCCC(NC(=O)c4cc5ccccc5[nH]4)C3)nc2n1. The summed E-state index contributed by atoms with van der Waals surface area (Å²) < 4.78 is 6.99. The van der Waals surface area contributed by atoms with Crippen molar-refractivity contribution in [3.63, 3.8) is 0 Å². The standard InChI is InChI=1S/C31H30N10O3/c32-17-24-19-41-30(34-22-9-7-20(8-10-22)28(43)39-12-14-44-15-13-39)37-29(38-31(41)35-24)40-11-3-5-23(18-40)33-27(42)26-16-21-4-1-2-6-25(21)36-26/h1-2,4,6-10,16,19,23,36H,3,5,11-15,18H2,(H,33,42)(H,34,35,37,38). The number of aromatic nitrogens is 5. The van der Waals surface area contributed by atoms with E-state index in [9.17, 15) is 14.9 Å². The summed E-state index contributed by atoms with van der Waals surface area (Å²) >= 11 is 0. The van der Waals surface area contributed by atoms with Crippen LogP contribution in [-0.4, -0.2) is 86.5 Å². The molecule has 0 aliphatic carbocycles. The molecule has 13 heteroatoms. The molecule has 2 amide bonds. The number of carbonyl (C=O) groups excluding carboxylic acids is 2. The van der Waals surface area contributed by atoms with Crippen molar-refractivity contribution < 1.29 is 14.3 Å². The number of fused-ring (bicyclic) bond motifs is 2. The van der Waals surface area contributed by atoms with Crippen LogP contribution in [0.5, 0.6) is 0 Å². The summed E-state index contributed by atoms with van der Waals surface area (Å²) in [6.45, 7) is 3.46. The molecule has 13 nitrogen and oxygen atoms in total. The van der Waals surface area contributed by atoms with Gasteiger partial charge in [-0.1, -0.05) is 18.2 Å². The molecule has 5 heterocycles. The van der Waals surface area contributed by atoms with Crippen LogP contribution in [0.2, 0.25) is 0 Å². The first-order valence-electron chi connectivity index (χ1n) is 14.6. The normalized spacial score (nSPS) is 17.0. The molecule has 2 aliphatic heterocycles. The van der Waals surface area contributed by atoms with Gasteiger partial charge in [-0.3, -0.25) is 14.0 Å². The molecule has 44 heavy (non-hydrogen) atoms. The molecule has 7 rings (SSSR count). The Morgan fingerprint density at radius 1 is 1.02 bits per heavy atom. The lowest BCUT2D eigenvalue weighted by atomic mass is 10.1. The van der Waals surface area contributed by atoms with Crippen LogP contribution in [0.4, 0.5) is 17.6 Å². The monoisotopic (exact) mass is 590 g/mol. The Balaban J connectivity index is 1.10. The Hall–Kier alpha value is -5.48. The minimum atomic E-state index is -0.158. The number of morpholine rings is 1. The van der Waals surface area contributed by atoms with Gasteiger partial charge in [-0.2, -0.15) is 20.2 Å². The highest BCUT2D eigenvalue weighted by Gasteiger charge is 2.26. The zero-order chi connectivity index (χ0) is 30.0. The van der Waals surface area contributed by atoms with E-state index in [1.165, 1.54) is 0 Å². The van der Waals surface area contributed by atoms with Gasteiger partial charge in [0.05, 0.1) is 19.4 Å². The van der Waals surface area contributed by atoms with Crippen LogP contribution >= 0.6 is 0 Å². The summed E-state index contributed by atoms with van der Waals surface area (Å²) in [6, 6.07) is 18.8. The number of imidazole rings is 1. The highest BCUT2D eigenvalue weighted by molar-refractivity contribution is 5.98. The third-order valence-corrected chi connectivity index (χ3v) is 7.94. The number of H-pyrrole nitrogens is 1. The highest BCUT2D eigenvalue weighted by Crippen LogP contribution is 2.23. The van der Waals surface area contributed by atoms with Crippen molar-refractivity contribution in [1.29, 1.82) is 5.26 Å². The van der Waals surface area contributed by atoms with Gasteiger partial charge in [0.25, 0.3) is 11.8 Å². The number of rotatable bonds is 6. The number of nitrogens with zero attached hydrogens (tertiary/aromatic N) is 7. The number of nitrogens with one attached hydrogen (secondary N) is 3. The molecule has 1 atom stereocenters. The van der Waals surface area contributed by atoms with Crippen LogP contribution in [-0.2, 0) is 4.74 Å². The first-order chi connectivity index (χ1) is 21.5. The number of benzene rings is 2. The predicted octanol–water partition coefficient (Wildman–Crippen LogP) is 3.09.